The van der Waals surface area contributed by atoms with E-state index in [1.807, 2.05) is 30.3 Å². The lowest BCUT2D eigenvalue weighted by Crippen LogP contribution is -2.07. The van der Waals surface area contributed by atoms with Gasteiger partial charge in [-0.2, -0.15) is 0 Å². The standard InChI is InChI=1S/C15H11N3O/c16-14-7-3-6-12(18-14)15(19)13-9-8-10-4-1-2-5-11(10)17-13/h1-9H,(H2,16,18). The van der Waals surface area contributed by atoms with Gasteiger partial charge in [0.25, 0.3) is 0 Å². The lowest BCUT2D eigenvalue weighted by Gasteiger charge is -2.02. The van der Waals surface area contributed by atoms with Gasteiger partial charge in [-0.1, -0.05) is 30.3 Å². The topological polar surface area (TPSA) is 68.9 Å². The monoisotopic (exact) mass is 249 g/mol. The molecule has 0 saturated heterocycles. The third-order valence-corrected chi connectivity index (χ3v) is 2.83. The number of carbonyl (C=O) groups excluding carboxylic acids is 1. The van der Waals surface area contributed by atoms with Crippen LogP contribution in [0.3, 0.4) is 0 Å². The van der Waals surface area contributed by atoms with Gasteiger partial charge in [0, 0.05) is 5.39 Å². The van der Waals surface area contributed by atoms with E-state index in [0.717, 1.165) is 10.9 Å². The van der Waals surface area contributed by atoms with Crippen molar-refractivity contribution >= 4 is 22.5 Å². The third kappa shape index (κ3) is 2.15. The van der Waals surface area contributed by atoms with Crippen LogP contribution in [-0.4, -0.2) is 15.8 Å². The van der Waals surface area contributed by atoms with Crippen LogP contribution in [-0.2, 0) is 0 Å². The minimum Gasteiger partial charge on any atom is -0.384 e. The number of aromatic nitrogens is 2. The molecule has 0 atom stereocenters. The number of fused-ring (bicyclic) bond motifs is 1. The number of nitrogens with zero attached hydrogens (tertiary/aromatic N) is 2. The quantitative estimate of drug-likeness (QED) is 0.708. The van der Waals surface area contributed by atoms with E-state index in [2.05, 4.69) is 9.97 Å². The zero-order valence-corrected chi connectivity index (χ0v) is 10.1. The normalized spacial score (nSPS) is 10.5. The van der Waals surface area contributed by atoms with Crippen LogP contribution in [0.2, 0.25) is 0 Å². The Bertz CT molecular complexity index is 768. The van der Waals surface area contributed by atoms with Gasteiger partial charge in [-0.15, -0.1) is 0 Å². The summed E-state index contributed by atoms with van der Waals surface area (Å²) in [5.74, 6) is 0.102. The summed E-state index contributed by atoms with van der Waals surface area (Å²) < 4.78 is 0. The van der Waals surface area contributed by atoms with Crippen LogP contribution in [0.4, 0.5) is 5.82 Å². The molecule has 0 aliphatic heterocycles. The zero-order chi connectivity index (χ0) is 13.2. The number of anilines is 1. The maximum absolute atomic E-state index is 12.3. The summed E-state index contributed by atoms with van der Waals surface area (Å²) in [6, 6.07) is 16.2. The molecule has 19 heavy (non-hydrogen) atoms. The van der Waals surface area contributed by atoms with Gasteiger partial charge in [-0.05, 0) is 24.3 Å². The summed E-state index contributed by atoms with van der Waals surface area (Å²) in [4.78, 5) is 20.6. The molecule has 0 amide bonds. The number of para-hydroxylation sites is 1. The Balaban J connectivity index is 2.06. The fourth-order valence-corrected chi connectivity index (χ4v) is 1.90. The Morgan fingerprint density at radius 1 is 0.842 bits per heavy atom. The summed E-state index contributed by atoms with van der Waals surface area (Å²) in [6.45, 7) is 0. The van der Waals surface area contributed by atoms with Crippen molar-refractivity contribution in [2.24, 2.45) is 0 Å². The first-order chi connectivity index (χ1) is 9.24. The third-order valence-electron chi connectivity index (χ3n) is 2.83. The molecule has 2 aromatic heterocycles. The molecule has 4 nitrogen and oxygen atoms in total. The maximum Gasteiger partial charge on any atom is 0.229 e. The number of rotatable bonds is 2. The smallest absolute Gasteiger partial charge is 0.229 e. The second-order valence-corrected chi connectivity index (χ2v) is 4.17. The van der Waals surface area contributed by atoms with Crippen LogP contribution in [0.15, 0.2) is 54.6 Å². The molecular formula is C15H11N3O. The lowest BCUT2D eigenvalue weighted by molar-refractivity contribution is 0.103. The van der Waals surface area contributed by atoms with Crippen molar-refractivity contribution in [2.45, 2.75) is 0 Å². The molecule has 0 fully saturated rings. The molecule has 2 heterocycles. The molecule has 4 heteroatoms. The highest BCUT2D eigenvalue weighted by Gasteiger charge is 2.12. The van der Waals surface area contributed by atoms with E-state index in [1.54, 1.807) is 24.3 Å². The van der Waals surface area contributed by atoms with E-state index in [9.17, 15) is 4.79 Å². The van der Waals surface area contributed by atoms with Crippen molar-refractivity contribution in [3.05, 3.63) is 66.0 Å². The summed E-state index contributed by atoms with van der Waals surface area (Å²) in [5, 5.41) is 1.000. The highest BCUT2D eigenvalue weighted by atomic mass is 16.1. The minimum atomic E-state index is -0.224. The predicted molar refractivity (Wildman–Crippen MR) is 73.8 cm³/mol. The highest BCUT2D eigenvalue weighted by Crippen LogP contribution is 2.14. The van der Waals surface area contributed by atoms with Crippen LogP contribution in [0.25, 0.3) is 10.9 Å². The molecule has 3 rings (SSSR count). The Hall–Kier alpha value is -2.75. The molecule has 2 N–H and O–H groups in total. The Morgan fingerprint density at radius 3 is 2.47 bits per heavy atom. The Labute approximate surface area is 109 Å². The van der Waals surface area contributed by atoms with Gasteiger partial charge in [-0.25, -0.2) is 9.97 Å². The Kier molecular flexibility index (Phi) is 2.68. The summed E-state index contributed by atoms with van der Waals surface area (Å²) in [6.07, 6.45) is 0. The first-order valence-corrected chi connectivity index (χ1v) is 5.87. The number of ketones is 1. The zero-order valence-electron chi connectivity index (χ0n) is 10.1. The minimum absolute atomic E-state index is 0.224. The van der Waals surface area contributed by atoms with E-state index in [-0.39, 0.29) is 5.78 Å². The molecular weight excluding hydrogens is 238 g/mol. The lowest BCUT2D eigenvalue weighted by atomic mass is 10.1. The van der Waals surface area contributed by atoms with Gasteiger partial charge >= 0.3 is 0 Å². The Morgan fingerprint density at radius 2 is 1.63 bits per heavy atom. The van der Waals surface area contributed by atoms with Gasteiger partial charge in [0.05, 0.1) is 5.52 Å². The first kappa shape index (κ1) is 11.3. The van der Waals surface area contributed by atoms with Crippen molar-refractivity contribution in [2.75, 3.05) is 5.73 Å². The summed E-state index contributed by atoms with van der Waals surface area (Å²) in [7, 11) is 0. The van der Waals surface area contributed by atoms with Gasteiger partial charge in [0.15, 0.2) is 0 Å². The fraction of sp³-hybridized carbons (Fsp3) is 0. The van der Waals surface area contributed by atoms with E-state index in [0.29, 0.717) is 17.2 Å². The van der Waals surface area contributed by atoms with E-state index in [4.69, 9.17) is 5.73 Å². The number of carbonyl (C=O) groups is 1. The van der Waals surface area contributed by atoms with Crippen LogP contribution in [0.5, 0.6) is 0 Å². The number of hydrogen-bond acceptors (Lipinski definition) is 4. The number of nitrogens with two attached hydrogens (primary N) is 1. The van der Waals surface area contributed by atoms with E-state index in [1.165, 1.54) is 0 Å². The maximum atomic E-state index is 12.3. The van der Waals surface area contributed by atoms with E-state index < -0.39 is 0 Å². The van der Waals surface area contributed by atoms with Crippen LogP contribution in [0.1, 0.15) is 16.2 Å². The summed E-state index contributed by atoms with van der Waals surface area (Å²) in [5.41, 5.74) is 7.05. The molecule has 0 aliphatic rings. The highest BCUT2D eigenvalue weighted by molar-refractivity contribution is 6.07. The second kappa shape index (κ2) is 4.49. The second-order valence-electron chi connectivity index (χ2n) is 4.17. The summed E-state index contributed by atoms with van der Waals surface area (Å²) >= 11 is 0. The molecule has 1 aromatic carbocycles. The molecule has 0 bridgehead atoms. The average Bonchev–Trinajstić information content (AvgIpc) is 2.46. The largest absolute Gasteiger partial charge is 0.384 e. The molecule has 0 radical (unpaired) electrons. The van der Waals surface area contributed by atoms with Crippen LogP contribution < -0.4 is 5.73 Å². The van der Waals surface area contributed by atoms with Crippen molar-refractivity contribution in [1.82, 2.24) is 9.97 Å². The predicted octanol–water partition coefficient (Wildman–Crippen LogP) is 2.44. The van der Waals surface area contributed by atoms with Gasteiger partial charge < -0.3 is 5.73 Å². The first-order valence-electron chi connectivity index (χ1n) is 5.87. The molecule has 0 aliphatic carbocycles. The molecule has 92 valence electrons. The van der Waals surface area contributed by atoms with Crippen molar-refractivity contribution in [1.29, 1.82) is 0 Å². The number of benzene rings is 1. The van der Waals surface area contributed by atoms with Crippen LogP contribution >= 0.6 is 0 Å². The SMILES string of the molecule is Nc1cccc(C(=O)c2ccc3ccccc3n2)n1. The van der Waals surface area contributed by atoms with Crippen molar-refractivity contribution in [3.8, 4) is 0 Å². The molecule has 0 unspecified atom stereocenters. The number of pyridine rings is 2. The van der Waals surface area contributed by atoms with Gasteiger partial charge in [0.1, 0.15) is 17.2 Å². The molecule has 0 saturated carbocycles. The molecule has 0 spiro atoms. The van der Waals surface area contributed by atoms with E-state index >= 15 is 0 Å². The van der Waals surface area contributed by atoms with Crippen LogP contribution in [0, 0.1) is 0 Å². The fourth-order valence-electron chi connectivity index (χ4n) is 1.90. The van der Waals surface area contributed by atoms with Gasteiger partial charge in [0.2, 0.25) is 5.78 Å². The average molecular weight is 249 g/mol. The number of nitrogen functional groups attached to an aromatic ring is 1. The molecule has 3 aromatic rings. The van der Waals surface area contributed by atoms with Gasteiger partial charge in [-0.3, -0.25) is 4.79 Å². The van der Waals surface area contributed by atoms with Crippen molar-refractivity contribution < 1.29 is 4.79 Å². The number of hydrogen-bond donors (Lipinski definition) is 1. The van der Waals surface area contributed by atoms with Crippen molar-refractivity contribution in [3.63, 3.8) is 0 Å².